The molecule has 1 atom stereocenters. The Morgan fingerprint density at radius 2 is 1.76 bits per heavy atom. The van der Waals surface area contributed by atoms with Crippen LogP contribution >= 0.6 is 0 Å². The Morgan fingerprint density at radius 1 is 1.03 bits per heavy atom. The first-order chi connectivity index (χ1) is 14.1. The highest BCUT2D eigenvalue weighted by Gasteiger charge is 2.16. The Morgan fingerprint density at radius 3 is 2.48 bits per heavy atom. The van der Waals surface area contributed by atoms with Gasteiger partial charge >= 0.3 is 6.03 Å². The van der Waals surface area contributed by atoms with Crippen molar-refractivity contribution in [1.29, 1.82) is 0 Å². The number of hydrogen-bond acceptors (Lipinski definition) is 3. The van der Waals surface area contributed by atoms with Gasteiger partial charge in [0, 0.05) is 24.0 Å². The molecule has 0 unspecified atom stereocenters. The number of nitrogens with one attached hydrogen (secondary N) is 3. The first kappa shape index (κ1) is 21.2. The molecule has 2 aromatic rings. The van der Waals surface area contributed by atoms with Gasteiger partial charge in [0.1, 0.15) is 5.75 Å². The molecular formula is C24H33N3O2. The second-order valence-corrected chi connectivity index (χ2v) is 7.99. The van der Waals surface area contributed by atoms with E-state index in [1.807, 2.05) is 42.5 Å². The Kier molecular flexibility index (Phi) is 7.94. The van der Waals surface area contributed by atoms with Crippen molar-refractivity contribution < 1.29 is 9.53 Å². The molecule has 0 aliphatic heterocycles. The molecule has 5 heteroatoms. The van der Waals surface area contributed by atoms with Gasteiger partial charge in [-0.15, -0.1) is 0 Å². The highest BCUT2D eigenvalue weighted by molar-refractivity contribution is 6.00. The quantitative estimate of drug-likeness (QED) is 0.530. The molecule has 29 heavy (non-hydrogen) atoms. The van der Waals surface area contributed by atoms with E-state index in [-0.39, 0.29) is 6.03 Å². The molecule has 1 fully saturated rings. The van der Waals surface area contributed by atoms with Crippen LogP contribution in [0.2, 0.25) is 0 Å². The molecule has 2 aromatic carbocycles. The van der Waals surface area contributed by atoms with Crippen LogP contribution in [0, 0.1) is 5.92 Å². The zero-order valence-corrected chi connectivity index (χ0v) is 17.5. The number of urea groups is 1. The third-order valence-electron chi connectivity index (χ3n) is 5.67. The summed E-state index contributed by atoms with van der Waals surface area (Å²) in [6.07, 6.45) is 8.13. The summed E-state index contributed by atoms with van der Waals surface area (Å²) >= 11 is 0. The standard InChI is InChI=1S/C24H33N3O2/c1-18(16-19-8-4-3-5-9-19)25-17-20-10-6-7-11-23(20)27-24(28)26-21-12-14-22(29-2)15-13-21/h6-7,10-15,18-19,25H,3-5,8-9,16-17H2,1-2H3,(H2,26,27,28)/t18-/m0/s1. The van der Waals surface area contributed by atoms with Crippen molar-refractivity contribution >= 4 is 17.4 Å². The summed E-state index contributed by atoms with van der Waals surface area (Å²) in [5, 5.41) is 9.47. The van der Waals surface area contributed by atoms with Crippen molar-refractivity contribution in [1.82, 2.24) is 5.32 Å². The third kappa shape index (κ3) is 6.79. The molecule has 0 bridgehead atoms. The highest BCUT2D eigenvalue weighted by Crippen LogP contribution is 2.27. The molecule has 0 radical (unpaired) electrons. The van der Waals surface area contributed by atoms with E-state index < -0.39 is 0 Å². The van der Waals surface area contributed by atoms with E-state index >= 15 is 0 Å². The molecule has 1 saturated carbocycles. The first-order valence-corrected chi connectivity index (χ1v) is 10.7. The lowest BCUT2D eigenvalue weighted by Gasteiger charge is -2.25. The van der Waals surface area contributed by atoms with Crippen molar-refractivity contribution in [3.63, 3.8) is 0 Å². The predicted molar refractivity (Wildman–Crippen MR) is 120 cm³/mol. The van der Waals surface area contributed by atoms with Gasteiger partial charge in [-0.2, -0.15) is 0 Å². The number of carbonyl (C=O) groups is 1. The van der Waals surface area contributed by atoms with Gasteiger partial charge in [-0.25, -0.2) is 4.79 Å². The molecule has 1 aliphatic rings. The van der Waals surface area contributed by atoms with Crippen molar-refractivity contribution in [2.45, 2.75) is 58.0 Å². The monoisotopic (exact) mass is 395 g/mol. The van der Waals surface area contributed by atoms with Crippen molar-refractivity contribution in [2.24, 2.45) is 5.92 Å². The fourth-order valence-corrected chi connectivity index (χ4v) is 4.05. The number of amides is 2. The Bertz CT molecular complexity index is 770. The summed E-state index contributed by atoms with van der Waals surface area (Å²) in [5.41, 5.74) is 2.64. The fourth-order valence-electron chi connectivity index (χ4n) is 4.05. The maximum absolute atomic E-state index is 12.4. The van der Waals surface area contributed by atoms with Gasteiger partial charge in [0.2, 0.25) is 0 Å². The van der Waals surface area contributed by atoms with Gasteiger partial charge in [-0.05, 0) is 55.2 Å². The minimum Gasteiger partial charge on any atom is -0.497 e. The molecule has 0 heterocycles. The Balaban J connectivity index is 1.51. The summed E-state index contributed by atoms with van der Waals surface area (Å²) in [6.45, 7) is 3.01. The van der Waals surface area contributed by atoms with E-state index in [9.17, 15) is 4.79 Å². The van der Waals surface area contributed by atoms with E-state index in [2.05, 4.69) is 28.9 Å². The Labute approximate surface area is 174 Å². The topological polar surface area (TPSA) is 62.4 Å². The van der Waals surface area contributed by atoms with Gasteiger partial charge in [-0.1, -0.05) is 50.3 Å². The minimum absolute atomic E-state index is 0.252. The first-order valence-electron chi connectivity index (χ1n) is 10.7. The highest BCUT2D eigenvalue weighted by atomic mass is 16.5. The predicted octanol–water partition coefficient (Wildman–Crippen LogP) is 5.79. The maximum Gasteiger partial charge on any atom is 0.323 e. The molecule has 0 saturated heterocycles. The number of anilines is 2. The van der Waals surface area contributed by atoms with Crippen LogP contribution in [0.25, 0.3) is 0 Å². The second-order valence-electron chi connectivity index (χ2n) is 7.99. The Hall–Kier alpha value is -2.53. The third-order valence-corrected chi connectivity index (χ3v) is 5.67. The van der Waals surface area contributed by atoms with Gasteiger partial charge < -0.3 is 20.7 Å². The summed E-state index contributed by atoms with van der Waals surface area (Å²) in [6, 6.07) is 15.4. The van der Waals surface area contributed by atoms with E-state index in [0.717, 1.165) is 35.2 Å². The zero-order valence-electron chi connectivity index (χ0n) is 17.5. The fraction of sp³-hybridized carbons (Fsp3) is 0.458. The van der Waals surface area contributed by atoms with E-state index in [1.165, 1.54) is 38.5 Å². The van der Waals surface area contributed by atoms with Crippen LogP contribution in [-0.4, -0.2) is 19.2 Å². The SMILES string of the molecule is COc1ccc(NC(=O)Nc2ccccc2CN[C@@H](C)CC2CCCCC2)cc1. The van der Waals surface area contributed by atoms with Gasteiger partial charge in [-0.3, -0.25) is 0 Å². The van der Waals surface area contributed by atoms with Crippen LogP contribution in [-0.2, 0) is 6.54 Å². The average molecular weight is 396 g/mol. The second kappa shape index (κ2) is 10.9. The number of methoxy groups -OCH3 is 1. The lowest BCUT2D eigenvalue weighted by atomic mass is 9.85. The lowest BCUT2D eigenvalue weighted by Crippen LogP contribution is -2.29. The number of ether oxygens (including phenoxy) is 1. The molecule has 3 N–H and O–H groups in total. The number of hydrogen-bond donors (Lipinski definition) is 3. The summed E-state index contributed by atoms with van der Waals surface area (Å²) in [5.74, 6) is 1.62. The van der Waals surface area contributed by atoms with Crippen LogP contribution in [0.4, 0.5) is 16.2 Å². The van der Waals surface area contributed by atoms with Crippen LogP contribution in [0.5, 0.6) is 5.75 Å². The zero-order chi connectivity index (χ0) is 20.5. The van der Waals surface area contributed by atoms with Crippen molar-refractivity contribution in [3.05, 3.63) is 54.1 Å². The summed E-state index contributed by atoms with van der Waals surface area (Å²) < 4.78 is 5.14. The van der Waals surface area contributed by atoms with Crippen molar-refractivity contribution in [2.75, 3.05) is 17.7 Å². The summed E-state index contributed by atoms with van der Waals surface area (Å²) in [4.78, 5) is 12.4. The lowest BCUT2D eigenvalue weighted by molar-refractivity contribution is 0.262. The van der Waals surface area contributed by atoms with Crippen LogP contribution < -0.4 is 20.7 Å². The minimum atomic E-state index is -0.252. The maximum atomic E-state index is 12.4. The normalized spacial score (nSPS) is 15.5. The number of para-hydroxylation sites is 1. The van der Waals surface area contributed by atoms with Gasteiger partial charge in [0.15, 0.2) is 0 Å². The van der Waals surface area contributed by atoms with Crippen molar-refractivity contribution in [3.8, 4) is 5.75 Å². The molecular weight excluding hydrogens is 362 g/mol. The number of rotatable bonds is 8. The largest absolute Gasteiger partial charge is 0.497 e. The van der Waals surface area contributed by atoms with Crippen LogP contribution in [0.3, 0.4) is 0 Å². The van der Waals surface area contributed by atoms with E-state index in [1.54, 1.807) is 7.11 Å². The molecule has 0 aromatic heterocycles. The van der Waals surface area contributed by atoms with Crippen LogP contribution in [0.15, 0.2) is 48.5 Å². The number of benzene rings is 2. The van der Waals surface area contributed by atoms with Crippen LogP contribution in [0.1, 0.15) is 51.0 Å². The molecule has 1 aliphatic carbocycles. The molecule has 5 nitrogen and oxygen atoms in total. The molecule has 0 spiro atoms. The van der Waals surface area contributed by atoms with Gasteiger partial charge in [0.25, 0.3) is 0 Å². The van der Waals surface area contributed by atoms with E-state index in [0.29, 0.717) is 6.04 Å². The van der Waals surface area contributed by atoms with E-state index in [4.69, 9.17) is 4.74 Å². The van der Waals surface area contributed by atoms with Gasteiger partial charge in [0.05, 0.1) is 7.11 Å². The summed E-state index contributed by atoms with van der Waals surface area (Å²) in [7, 11) is 1.62. The smallest absolute Gasteiger partial charge is 0.323 e. The molecule has 3 rings (SSSR count). The molecule has 156 valence electrons. The number of carbonyl (C=O) groups excluding carboxylic acids is 1. The molecule has 2 amide bonds. The average Bonchev–Trinajstić information content (AvgIpc) is 2.74.